The Bertz CT molecular complexity index is 659. The van der Waals surface area contributed by atoms with Gasteiger partial charge in [0.1, 0.15) is 17.6 Å². The molecule has 128 valence electrons. The Morgan fingerprint density at radius 1 is 1.00 bits per heavy atom. The van der Waals surface area contributed by atoms with Crippen LogP contribution in [0.25, 0.3) is 0 Å². The highest BCUT2D eigenvalue weighted by Crippen LogP contribution is 2.28. The van der Waals surface area contributed by atoms with Crippen molar-refractivity contribution >= 4 is 5.95 Å². The van der Waals surface area contributed by atoms with Gasteiger partial charge in [0, 0.05) is 44.4 Å². The number of piperidine rings is 1. The summed E-state index contributed by atoms with van der Waals surface area (Å²) < 4.78 is 46.4. The van der Waals surface area contributed by atoms with Crippen molar-refractivity contribution in [1.29, 1.82) is 0 Å². The van der Waals surface area contributed by atoms with Gasteiger partial charge in [-0.25, -0.2) is 9.97 Å². The molecule has 0 aliphatic carbocycles. The smallest absolute Gasteiger partial charge is 0.490 e. The average Bonchev–Trinajstić information content (AvgIpc) is 2.55. The van der Waals surface area contributed by atoms with Gasteiger partial charge in [0.25, 0.3) is 0 Å². The maximum absolute atomic E-state index is 12.3. The van der Waals surface area contributed by atoms with Gasteiger partial charge < -0.3 is 14.4 Å². The molecule has 1 aliphatic rings. The van der Waals surface area contributed by atoms with E-state index in [0.717, 1.165) is 25.9 Å². The average molecular weight is 339 g/mol. The van der Waals surface area contributed by atoms with Crippen molar-refractivity contribution in [2.45, 2.75) is 25.3 Å². The normalized spacial score (nSPS) is 16.0. The van der Waals surface area contributed by atoms with Crippen molar-refractivity contribution in [1.82, 2.24) is 9.97 Å². The van der Waals surface area contributed by atoms with Crippen molar-refractivity contribution in [2.24, 2.45) is 0 Å². The summed E-state index contributed by atoms with van der Waals surface area (Å²) in [5, 5.41) is 0. The van der Waals surface area contributed by atoms with Crippen LogP contribution >= 0.6 is 0 Å². The van der Waals surface area contributed by atoms with Crippen LogP contribution in [0.15, 0.2) is 42.7 Å². The second-order valence-corrected chi connectivity index (χ2v) is 5.38. The SMILES string of the molecule is FC(F)(F)Oc1cccc(OC2CCN(c3ncccn3)CC2)c1. The first-order valence-corrected chi connectivity index (χ1v) is 7.54. The van der Waals surface area contributed by atoms with E-state index in [1.54, 1.807) is 24.5 Å². The van der Waals surface area contributed by atoms with Crippen LogP contribution in [-0.4, -0.2) is 35.5 Å². The minimum atomic E-state index is -4.71. The maximum Gasteiger partial charge on any atom is 0.573 e. The number of halogens is 3. The molecule has 0 N–H and O–H groups in total. The summed E-state index contributed by atoms with van der Waals surface area (Å²) >= 11 is 0. The largest absolute Gasteiger partial charge is 0.573 e. The number of ether oxygens (including phenoxy) is 2. The summed E-state index contributed by atoms with van der Waals surface area (Å²) in [6.07, 6.45) is 0.0880. The van der Waals surface area contributed by atoms with E-state index in [9.17, 15) is 13.2 Å². The van der Waals surface area contributed by atoms with Crippen LogP contribution in [0, 0.1) is 0 Å². The molecule has 5 nitrogen and oxygen atoms in total. The standard InChI is InChI=1S/C16H16F3N3O2/c17-16(18,19)24-14-4-1-3-13(11-14)23-12-5-9-22(10-6-12)15-20-7-2-8-21-15/h1-4,7-8,11-12H,5-6,9-10H2. The first-order valence-electron chi connectivity index (χ1n) is 7.54. The Hall–Kier alpha value is -2.51. The van der Waals surface area contributed by atoms with Gasteiger partial charge in [-0.3, -0.25) is 0 Å². The molecule has 0 atom stereocenters. The number of rotatable bonds is 4. The Labute approximate surface area is 137 Å². The topological polar surface area (TPSA) is 47.5 Å². The Morgan fingerprint density at radius 3 is 2.33 bits per heavy atom. The Kier molecular flexibility index (Phi) is 4.73. The molecule has 0 unspecified atom stereocenters. The van der Waals surface area contributed by atoms with Crippen LogP contribution < -0.4 is 14.4 Å². The van der Waals surface area contributed by atoms with Gasteiger partial charge in [0.15, 0.2) is 0 Å². The number of alkyl halides is 3. The van der Waals surface area contributed by atoms with Gasteiger partial charge in [-0.1, -0.05) is 6.07 Å². The summed E-state index contributed by atoms with van der Waals surface area (Å²) in [5.41, 5.74) is 0. The van der Waals surface area contributed by atoms with Gasteiger partial charge in [-0.05, 0) is 18.2 Å². The van der Waals surface area contributed by atoms with Crippen molar-refractivity contribution in [3.05, 3.63) is 42.7 Å². The summed E-state index contributed by atoms with van der Waals surface area (Å²) in [5.74, 6) is 0.762. The fourth-order valence-corrected chi connectivity index (χ4v) is 2.57. The maximum atomic E-state index is 12.3. The lowest BCUT2D eigenvalue weighted by atomic mass is 10.1. The second-order valence-electron chi connectivity index (χ2n) is 5.38. The number of hydrogen-bond donors (Lipinski definition) is 0. The van der Waals surface area contributed by atoms with Crippen LogP contribution in [0.5, 0.6) is 11.5 Å². The van der Waals surface area contributed by atoms with Crippen molar-refractivity contribution in [3.8, 4) is 11.5 Å². The zero-order valence-electron chi connectivity index (χ0n) is 12.7. The quantitative estimate of drug-likeness (QED) is 0.854. The van der Waals surface area contributed by atoms with Crippen LogP contribution in [-0.2, 0) is 0 Å². The highest BCUT2D eigenvalue weighted by atomic mass is 19.4. The van der Waals surface area contributed by atoms with Crippen molar-refractivity contribution < 1.29 is 22.6 Å². The molecule has 1 aliphatic heterocycles. The molecule has 24 heavy (non-hydrogen) atoms. The minimum absolute atomic E-state index is 0.0638. The molecular formula is C16H16F3N3O2. The monoisotopic (exact) mass is 339 g/mol. The highest BCUT2D eigenvalue weighted by molar-refractivity contribution is 5.34. The summed E-state index contributed by atoms with van der Waals surface area (Å²) in [6, 6.07) is 7.35. The zero-order chi connectivity index (χ0) is 17.0. The lowest BCUT2D eigenvalue weighted by Crippen LogP contribution is -2.39. The third-order valence-corrected chi connectivity index (χ3v) is 3.62. The predicted molar refractivity (Wildman–Crippen MR) is 81.0 cm³/mol. The molecule has 1 saturated heterocycles. The molecular weight excluding hydrogens is 323 g/mol. The summed E-state index contributed by atoms with van der Waals surface area (Å²) in [7, 11) is 0. The summed E-state index contributed by atoms with van der Waals surface area (Å²) in [4.78, 5) is 10.5. The number of hydrogen-bond acceptors (Lipinski definition) is 5. The van der Waals surface area contributed by atoms with Gasteiger partial charge in [0.05, 0.1) is 0 Å². The summed E-state index contributed by atoms with van der Waals surface area (Å²) in [6.45, 7) is 1.46. The molecule has 2 aromatic rings. The first-order chi connectivity index (χ1) is 11.5. The lowest BCUT2D eigenvalue weighted by Gasteiger charge is -2.32. The molecule has 1 aromatic carbocycles. The van der Waals surface area contributed by atoms with E-state index in [4.69, 9.17) is 4.74 Å². The van der Waals surface area contributed by atoms with Gasteiger partial charge in [0.2, 0.25) is 5.95 Å². The predicted octanol–water partition coefficient (Wildman–Crippen LogP) is 3.42. The fourth-order valence-electron chi connectivity index (χ4n) is 2.57. The van der Waals surface area contributed by atoms with E-state index >= 15 is 0 Å². The molecule has 3 rings (SSSR count). The van der Waals surface area contributed by atoms with Gasteiger partial charge in [-0.2, -0.15) is 0 Å². The van der Waals surface area contributed by atoms with Gasteiger partial charge in [-0.15, -0.1) is 13.2 Å². The van der Waals surface area contributed by atoms with Crippen LogP contribution in [0.3, 0.4) is 0 Å². The Morgan fingerprint density at radius 2 is 1.67 bits per heavy atom. The van der Waals surface area contributed by atoms with Crippen molar-refractivity contribution in [2.75, 3.05) is 18.0 Å². The highest BCUT2D eigenvalue weighted by Gasteiger charge is 2.31. The van der Waals surface area contributed by atoms with Crippen molar-refractivity contribution in [3.63, 3.8) is 0 Å². The van der Waals surface area contributed by atoms with E-state index in [2.05, 4.69) is 19.6 Å². The Balaban J connectivity index is 1.55. The molecule has 1 fully saturated rings. The van der Waals surface area contributed by atoms with Crippen LogP contribution in [0.1, 0.15) is 12.8 Å². The van der Waals surface area contributed by atoms with E-state index in [0.29, 0.717) is 11.7 Å². The fraction of sp³-hybridized carbons (Fsp3) is 0.375. The van der Waals surface area contributed by atoms with Gasteiger partial charge >= 0.3 is 6.36 Å². The number of nitrogens with zero attached hydrogens (tertiary/aromatic N) is 3. The van der Waals surface area contributed by atoms with E-state index < -0.39 is 6.36 Å². The zero-order valence-corrected chi connectivity index (χ0v) is 12.7. The molecule has 2 heterocycles. The molecule has 1 aromatic heterocycles. The third kappa shape index (κ3) is 4.50. The minimum Gasteiger partial charge on any atom is -0.490 e. The lowest BCUT2D eigenvalue weighted by molar-refractivity contribution is -0.274. The van der Waals surface area contributed by atoms with Crippen LogP contribution in [0.2, 0.25) is 0 Å². The number of anilines is 1. The molecule has 0 spiro atoms. The third-order valence-electron chi connectivity index (χ3n) is 3.62. The molecule has 0 radical (unpaired) electrons. The van der Waals surface area contributed by atoms with E-state index in [-0.39, 0.29) is 11.9 Å². The number of aromatic nitrogens is 2. The molecule has 0 saturated carbocycles. The molecule has 8 heteroatoms. The second kappa shape index (κ2) is 6.94. The molecule has 0 bridgehead atoms. The molecule has 0 amide bonds. The van der Waals surface area contributed by atoms with Crippen LogP contribution in [0.4, 0.5) is 19.1 Å². The first kappa shape index (κ1) is 16.4. The van der Waals surface area contributed by atoms with E-state index in [1.807, 2.05) is 0 Å². The van der Waals surface area contributed by atoms with E-state index in [1.165, 1.54) is 18.2 Å². The number of benzene rings is 1.